The second-order valence-electron chi connectivity index (χ2n) is 5.92. The predicted octanol–water partition coefficient (Wildman–Crippen LogP) is 3.57. The number of pyridine rings is 1. The number of fused-ring (bicyclic) bond motifs is 1. The normalized spacial score (nSPS) is 16.0. The maximum atomic E-state index is 9.04. The highest BCUT2D eigenvalue weighted by molar-refractivity contribution is 5.67. The van der Waals surface area contributed by atoms with Gasteiger partial charge in [-0.25, -0.2) is 4.52 Å². The lowest BCUT2D eigenvalue weighted by Gasteiger charge is -2.21. The molecule has 3 heterocycles. The van der Waals surface area contributed by atoms with Crippen molar-refractivity contribution < 1.29 is 0 Å². The largest absolute Gasteiger partial charge is 0.269 e. The molecular weight excluding hydrogens is 274 g/mol. The first-order valence-electron chi connectivity index (χ1n) is 7.77. The molecule has 0 saturated heterocycles. The maximum absolute atomic E-state index is 9.04. The van der Waals surface area contributed by atoms with Crippen molar-refractivity contribution in [1.29, 1.82) is 5.26 Å². The second kappa shape index (κ2) is 5.30. The highest BCUT2D eigenvalue weighted by atomic mass is 15.3. The van der Waals surface area contributed by atoms with Gasteiger partial charge in [0.25, 0.3) is 0 Å². The van der Waals surface area contributed by atoms with Crippen molar-refractivity contribution in [1.82, 2.24) is 19.4 Å². The highest BCUT2D eigenvalue weighted by Crippen LogP contribution is 2.29. The first-order valence-corrected chi connectivity index (χ1v) is 7.77. The Bertz CT molecular complexity index is 845. The van der Waals surface area contributed by atoms with Crippen LogP contribution in [0.1, 0.15) is 43.7 Å². The molecule has 0 N–H and O–H groups in total. The molecule has 1 aliphatic carbocycles. The third kappa shape index (κ3) is 2.17. The van der Waals surface area contributed by atoms with Crippen LogP contribution in [0.15, 0.2) is 36.9 Å². The molecule has 0 bridgehead atoms. The van der Waals surface area contributed by atoms with Crippen molar-refractivity contribution in [3.63, 3.8) is 0 Å². The molecular formula is C17H17N5. The molecule has 1 fully saturated rings. The van der Waals surface area contributed by atoms with Crippen molar-refractivity contribution in [3.8, 4) is 17.2 Å². The molecule has 110 valence electrons. The summed E-state index contributed by atoms with van der Waals surface area (Å²) in [5.41, 5.74) is 3.61. The van der Waals surface area contributed by atoms with Gasteiger partial charge in [-0.05, 0) is 18.9 Å². The van der Waals surface area contributed by atoms with Crippen molar-refractivity contribution in [2.45, 2.75) is 38.1 Å². The average molecular weight is 291 g/mol. The Morgan fingerprint density at radius 1 is 1.00 bits per heavy atom. The molecule has 5 heteroatoms. The molecule has 0 unspecified atom stereocenters. The maximum Gasteiger partial charge on any atom is 0.103 e. The molecule has 0 spiro atoms. The van der Waals surface area contributed by atoms with Crippen LogP contribution in [-0.4, -0.2) is 19.4 Å². The van der Waals surface area contributed by atoms with E-state index in [1.54, 1.807) is 10.7 Å². The molecule has 0 aromatic carbocycles. The molecule has 3 aromatic rings. The third-order valence-corrected chi connectivity index (χ3v) is 4.52. The summed E-state index contributed by atoms with van der Waals surface area (Å²) in [4.78, 5) is 0. The highest BCUT2D eigenvalue weighted by Gasteiger charge is 2.16. The summed E-state index contributed by atoms with van der Waals surface area (Å²) in [6.07, 6.45) is 14.0. The first-order chi connectivity index (χ1) is 10.8. The zero-order valence-electron chi connectivity index (χ0n) is 12.3. The van der Waals surface area contributed by atoms with Gasteiger partial charge in [-0.1, -0.05) is 25.3 Å². The van der Waals surface area contributed by atoms with Gasteiger partial charge in [-0.2, -0.15) is 15.5 Å². The average Bonchev–Trinajstić information content (AvgIpc) is 3.22. The molecule has 1 saturated carbocycles. The first kappa shape index (κ1) is 13.1. The molecule has 0 atom stereocenters. The summed E-state index contributed by atoms with van der Waals surface area (Å²) < 4.78 is 3.87. The standard InChI is InChI=1S/C17H17N5/c18-8-14-9-20-22-11-13(6-7-17(14)22)15-10-19-21(12-15)16-4-2-1-3-5-16/h6-7,9-12,16H,1-5H2. The monoisotopic (exact) mass is 291 g/mol. The van der Waals surface area contributed by atoms with E-state index in [0.29, 0.717) is 11.6 Å². The smallest absolute Gasteiger partial charge is 0.103 e. The number of rotatable bonds is 2. The lowest BCUT2D eigenvalue weighted by atomic mass is 9.96. The Morgan fingerprint density at radius 3 is 2.68 bits per heavy atom. The van der Waals surface area contributed by atoms with Crippen LogP contribution in [0.5, 0.6) is 0 Å². The van der Waals surface area contributed by atoms with E-state index in [9.17, 15) is 0 Å². The Kier molecular flexibility index (Phi) is 3.15. The molecule has 4 rings (SSSR count). The third-order valence-electron chi connectivity index (χ3n) is 4.52. The van der Waals surface area contributed by atoms with Gasteiger partial charge in [0.1, 0.15) is 6.07 Å². The SMILES string of the molecule is N#Cc1cnn2cc(-c3cnn(C4CCCCC4)c3)ccc12. The van der Waals surface area contributed by atoms with E-state index in [4.69, 9.17) is 5.26 Å². The molecule has 0 radical (unpaired) electrons. The van der Waals surface area contributed by atoms with Crippen LogP contribution in [-0.2, 0) is 0 Å². The topological polar surface area (TPSA) is 58.9 Å². The van der Waals surface area contributed by atoms with Crippen molar-refractivity contribution in [2.24, 2.45) is 0 Å². The molecule has 3 aromatic heterocycles. The van der Waals surface area contributed by atoms with Gasteiger partial charge in [0.15, 0.2) is 0 Å². The van der Waals surface area contributed by atoms with E-state index in [2.05, 4.69) is 27.1 Å². The van der Waals surface area contributed by atoms with Crippen LogP contribution in [0.4, 0.5) is 0 Å². The van der Waals surface area contributed by atoms with Gasteiger partial charge >= 0.3 is 0 Å². The summed E-state index contributed by atoms with van der Waals surface area (Å²) in [5, 5.41) is 17.8. The molecule has 0 aliphatic heterocycles. The van der Waals surface area contributed by atoms with Crippen LogP contribution in [0.2, 0.25) is 0 Å². The quantitative estimate of drug-likeness (QED) is 0.725. The lowest BCUT2D eigenvalue weighted by molar-refractivity contribution is 0.329. The van der Waals surface area contributed by atoms with E-state index < -0.39 is 0 Å². The molecule has 5 nitrogen and oxygen atoms in total. The minimum atomic E-state index is 0.543. The number of hydrogen-bond acceptors (Lipinski definition) is 3. The summed E-state index contributed by atoms with van der Waals surface area (Å²) in [5.74, 6) is 0. The van der Waals surface area contributed by atoms with E-state index in [-0.39, 0.29) is 0 Å². The Morgan fingerprint density at radius 2 is 1.86 bits per heavy atom. The van der Waals surface area contributed by atoms with Crippen molar-refractivity contribution in [3.05, 3.63) is 42.5 Å². The van der Waals surface area contributed by atoms with Gasteiger partial charge in [-0.3, -0.25) is 4.68 Å². The number of hydrogen-bond donors (Lipinski definition) is 0. The van der Waals surface area contributed by atoms with Gasteiger partial charge in [0.05, 0.1) is 29.5 Å². The summed E-state index contributed by atoms with van der Waals surface area (Å²) in [6.45, 7) is 0. The predicted molar refractivity (Wildman–Crippen MR) is 83.3 cm³/mol. The van der Waals surface area contributed by atoms with E-state index in [1.165, 1.54) is 32.1 Å². The van der Waals surface area contributed by atoms with E-state index in [1.807, 2.05) is 24.5 Å². The zero-order valence-corrected chi connectivity index (χ0v) is 12.3. The summed E-state index contributed by atoms with van der Waals surface area (Å²) in [6, 6.07) is 6.67. The van der Waals surface area contributed by atoms with Gasteiger partial charge < -0.3 is 0 Å². The lowest BCUT2D eigenvalue weighted by Crippen LogP contribution is -2.12. The fraction of sp³-hybridized carbons (Fsp3) is 0.353. The number of nitriles is 1. The fourth-order valence-electron chi connectivity index (χ4n) is 3.27. The molecule has 1 aliphatic rings. The summed E-state index contributed by atoms with van der Waals surface area (Å²) in [7, 11) is 0. The van der Waals surface area contributed by atoms with Gasteiger partial charge in [0.2, 0.25) is 0 Å². The second-order valence-corrected chi connectivity index (χ2v) is 5.92. The molecule has 22 heavy (non-hydrogen) atoms. The van der Waals surface area contributed by atoms with Crippen LogP contribution >= 0.6 is 0 Å². The number of nitrogens with zero attached hydrogens (tertiary/aromatic N) is 5. The van der Waals surface area contributed by atoms with Crippen LogP contribution in [0, 0.1) is 11.3 Å². The zero-order chi connectivity index (χ0) is 14.9. The van der Waals surface area contributed by atoms with Crippen LogP contribution < -0.4 is 0 Å². The fourth-order valence-corrected chi connectivity index (χ4v) is 3.27. The van der Waals surface area contributed by atoms with Crippen molar-refractivity contribution in [2.75, 3.05) is 0 Å². The Labute approximate surface area is 128 Å². The van der Waals surface area contributed by atoms with Crippen molar-refractivity contribution >= 4 is 5.52 Å². The minimum Gasteiger partial charge on any atom is -0.269 e. The van der Waals surface area contributed by atoms with E-state index >= 15 is 0 Å². The Hall–Kier alpha value is -2.61. The number of aromatic nitrogens is 4. The minimum absolute atomic E-state index is 0.543. The van der Waals surface area contributed by atoms with Crippen LogP contribution in [0.25, 0.3) is 16.6 Å². The van der Waals surface area contributed by atoms with Gasteiger partial charge in [-0.15, -0.1) is 0 Å². The summed E-state index contributed by atoms with van der Waals surface area (Å²) >= 11 is 0. The van der Waals surface area contributed by atoms with E-state index in [0.717, 1.165) is 16.6 Å². The Balaban J connectivity index is 1.67. The van der Waals surface area contributed by atoms with Gasteiger partial charge in [0, 0.05) is 23.5 Å². The molecule has 0 amide bonds. The van der Waals surface area contributed by atoms with Crippen LogP contribution in [0.3, 0.4) is 0 Å².